The maximum absolute atomic E-state index is 12.2. The average molecular weight is 371 g/mol. The summed E-state index contributed by atoms with van der Waals surface area (Å²) in [6, 6.07) is 10.8. The predicted molar refractivity (Wildman–Crippen MR) is 111 cm³/mol. The third kappa shape index (κ3) is 5.24. The second kappa shape index (κ2) is 9.77. The highest BCUT2D eigenvalue weighted by Crippen LogP contribution is 2.43. The minimum absolute atomic E-state index is 0.219. The van der Waals surface area contributed by atoms with Crippen LogP contribution >= 0.6 is 0 Å². The topological polar surface area (TPSA) is 65.5 Å². The van der Waals surface area contributed by atoms with Crippen LogP contribution in [0.2, 0.25) is 0 Å². The molecule has 0 atom stereocenters. The van der Waals surface area contributed by atoms with Gasteiger partial charge in [0.15, 0.2) is 5.96 Å². The van der Waals surface area contributed by atoms with Gasteiger partial charge in [0.25, 0.3) is 0 Å². The van der Waals surface area contributed by atoms with E-state index in [1.165, 1.54) is 44.1 Å². The van der Waals surface area contributed by atoms with Crippen LogP contribution in [0.15, 0.2) is 35.3 Å². The summed E-state index contributed by atoms with van der Waals surface area (Å²) in [5.41, 5.74) is 1.65. The molecule has 1 aromatic carbocycles. The Bertz CT molecular complexity index is 618. The summed E-state index contributed by atoms with van der Waals surface area (Å²) in [5, 5.41) is 9.88. The van der Waals surface area contributed by atoms with Crippen molar-refractivity contribution in [1.82, 2.24) is 16.0 Å². The average Bonchev–Trinajstić information content (AvgIpc) is 2.70. The van der Waals surface area contributed by atoms with Crippen molar-refractivity contribution in [2.45, 2.75) is 56.8 Å². The van der Waals surface area contributed by atoms with E-state index in [0.717, 1.165) is 25.3 Å². The monoisotopic (exact) mass is 370 g/mol. The van der Waals surface area contributed by atoms with Crippen LogP contribution in [0.25, 0.3) is 0 Å². The highest BCUT2D eigenvalue weighted by atomic mass is 16.1. The number of amides is 1. The highest BCUT2D eigenvalue weighted by Gasteiger charge is 2.38. The van der Waals surface area contributed by atoms with Crippen molar-refractivity contribution in [3.8, 4) is 0 Å². The van der Waals surface area contributed by atoms with Crippen molar-refractivity contribution in [1.29, 1.82) is 0 Å². The number of carbonyl (C=O) groups is 1. The Morgan fingerprint density at radius 3 is 2.33 bits per heavy atom. The van der Waals surface area contributed by atoms with Crippen molar-refractivity contribution in [2.24, 2.45) is 10.9 Å². The molecule has 0 saturated heterocycles. The fourth-order valence-corrected chi connectivity index (χ4v) is 4.31. The van der Waals surface area contributed by atoms with Gasteiger partial charge in [-0.05, 0) is 31.2 Å². The molecular weight excluding hydrogens is 336 g/mol. The number of rotatable bonds is 7. The minimum atomic E-state index is 0.219. The number of guanidine groups is 1. The molecule has 2 saturated carbocycles. The SMILES string of the molecule is CN=C(NCCNC(=O)C1CCCCC1)NCC1(c2ccccc2)CCC1. The first kappa shape index (κ1) is 19.7. The maximum atomic E-state index is 12.2. The molecule has 0 bridgehead atoms. The van der Waals surface area contributed by atoms with E-state index in [1.807, 2.05) is 0 Å². The Hall–Kier alpha value is -2.04. The van der Waals surface area contributed by atoms with Crippen molar-refractivity contribution >= 4 is 11.9 Å². The lowest BCUT2D eigenvalue weighted by atomic mass is 9.64. The molecule has 27 heavy (non-hydrogen) atoms. The number of hydrogen-bond donors (Lipinski definition) is 3. The summed E-state index contributed by atoms with van der Waals surface area (Å²) in [4.78, 5) is 16.5. The van der Waals surface area contributed by atoms with E-state index in [1.54, 1.807) is 7.05 Å². The van der Waals surface area contributed by atoms with Gasteiger partial charge in [-0.2, -0.15) is 0 Å². The summed E-state index contributed by atoms with van der Waals surface area (Å²) < 4.78 is 0. The first-order chi connectivity index (χ1) is 13.2. The Morgan fingerprint density at radius 1 is 1.00 bits per heavy atom. The van der Waals surface area contributed by atoms with Gasteiger partial charge < -0.3 is 16.0 Å². The van der Waals surface area contributed by atoms with Crippen LogP contribution < -0.4 is 16.0 Å². The highest BCUT2D eigenvalue weighted by molar-refractivity contribution is 5.80. The lowest BCUT2D eigenvalue weighted by molar-refractivity contribution is -0.125. The lowest BCUT2D eigenvalue weighted by Crippen LogP contribution is -2.50. The molecule has 148 valence electrons. The number of benzene rings is 1. The number of carbonyl (C=O) groups excluding carboxylic acids is 1. The van der Waals surface area contributed by atoms with Gasteiger partial charge in [-0.15, -0.1) is 0 Å². The molecule has 0 aromatic heterocycles. The standard InChI is InChI=1S/C22H34N4O/c1-23-21(25-16-15-24-20(27)18-9-4-2-5-10-18)26-17-22(13-8-14-22)19-11-6-3-7-12-19/h3,6-7,11-12,18H,2,4-5,8-10,13-17H2,1H3,(H,24,27)(H2,23,25,26). The molecule has 5 nitrogen and oxygen atoms in total. The van der Waals surface area contributed by atoms with Crippen molar-refractivity contribution in [2.75, 3.05) is 26.7 Å². The van der Waals surface area contributed by atoms with Gasteiger partial charge in [0.2, 0.25) is 5.91 Å². The molecule has 0 heterocycles. The van der Waals surface area contributed by atoms with Crippen LogP contribution in [-0.2, 0) is 10.2 Å². The maximum Gasteiger partial charge on any atom is 0.223 e. The smallest absolute Gasteiger partial charge is 0.223 e. The normalized spacial score (nSPS) is 19.8. The molecule has 0 radical (unpaired) electrons. The Kier molecular flexibility index (Phi) is 7.13. The van der Waals surface area contributed by atoms with Gasteiger partial charge in [0.1, 0.15) is 0 Å². The molecule has 1 aromatic rings. The Balaban J connectivity index is 1.39. The number of hydrogen-bond acceptors (Lipinski definition) is 2. The molecule has 0 aliphatic heterocycles. The molecule has 0 spiro atoms. The second-order valence-electron chi connectivity index (χ2n) is 7.98. The van der Waals surface area contributed by atoms with Gasteiger partial charge in [0, 0.05) is 38.0 Å². The Labute approximate surface area is 163 Å². The second-order valence-corrected chi connectivity index (χ2v) is 7.98. The molecule has 0 unspecified atom stereocenters. The molecule has 3 rings (SSSR count). The largest absolute Gasteiger partial charge is 0.356 e. The summed E-state index contributed by atoms with van der Waals surface area (Å²) in [6.07, 6.45) is 9.48. The molecule has 3 N–H and O–H groups in total. The van der Waals surface area contributed by atoms with Crippen LogP contribution in [0, 0.1) is 5.92 Å². The number of nitrogens with one attached hydrogen (secondary N) is 3. The zero-order valence-corrected chi connectivity index (χ0v) is 16.6. The van der Waals surface area contributed by atoms with Crippen LogP contribution in [0.5, 0.6) is 0 Å². The summed E-state index contributed by atoms with van der Waals surface area (Å²) >= 11 is 0. The van der Waals surface area contributed by atoms with Gasteiger partial charge in [-0.3, -0.25) is 9.79 Å². The zero-order chi connectivity index (χ0) is 19.0. The lowest BCUT2D eigenvalue weighted by Gasteiger charge is -2.43. The van der Waals surface area contributed by atoms with E-state index < -0.39 is 0 Å². The Morgan fingerprint density at radius 2 is 1.70 bits per heavy atom. The number of nitrogens with zero attached hydrogens (tertiary/aromatic N) is 1. The van der Waals surface area contributed by atoms with E-state index >= 15 is 0 Å². The van der Waals surface area contributed by atoms with Crippen LogP contribution in [0.3, 0.4) is 0 Å². The molecule has 2 aliphatic carbocycles. The molecular formula is C22H34N4O. The molecule has 5 heteroatoms. The quantitative estimate of drug-likeness (QED) is 0.393. The summed E-state index contributed by atoms with van der Waals surface area (Å²) in [5.74, 6) is 1.25. The molecule has 1 amide bonds. The summed E-state index contributed by atoms with van der Waals surface area (Å²) in [7, 11) is 1.80. The van der Waals surface area contributed by atoms with Gasteiger partial charge >= 0.3 is 0 Å². The van der Waals surface area contributed by atoms with Gasteiger partial charge in [-0.25, -0.2) is 0 Å². The van der Waals surface area contributed by atoms with E-state index in [0.29, 0.717) is 13.1 Å². The predicted octanol–water partition coefficient (Wildman–Crippen LogP) is 2.97. The third-order valence-electron chi connectivity index (χ3n) is 6.21. The van der Waals surface area contributed by atoms with Crippen molar-refractivity contribution in [3.63, 3.8) is 0 Å². The minimum Gasteiger partial charge on any atom is -0.356 e. The zero-order valence-electron chi connectivity index (χ0n) is 16.6. The fraction of sp³-hybridized carbons (Fsp3) is 0.636. The molecule has 2 aliphatic rings. The molecule has 2 fully saturated rings. The number of aliphatic imine (C=N–C) groups is 1. The first-order valence-corrected chi connectivity index (χ1v) is 10.5. The van der Waals surface area contributed by atoms with Crippen molar-refractivity contribution in [3.05, 3.63) is 35.9 Å². The van der Waals surface area contributed by atoms with Crippen LogP contribution in [0.1, 0.15) is 56.9 Å². The first-order valence-electron chi connectivity index (χ1n) is 10.5. The van der Waals surface area contributed by atoms with Gasteiger partial charge in [-0.1, -0.05) is 56.0 Å². The van der Waals surface area contributed by atoms with E-state index in [2.05, 4.69) is 51.3 Å². The third-order valence-corrected chi connectivity index (χ3v) is 6.21. The van der Waals surface area contributed by atoms with E-state index in [4.69, 9.17) is 0 Å². The van der Waals surface area contributed by atoms with Crippen LogP contribution in [0.4, 0.5) is 0 Å². The summed E-state index contributed by atoms with van der Waals surface area (Å²) in [6.45, 7) is 2.22. The van der Waals surface area contributed by atoms with E-state index in [9.17, 15) is 4.79 Å². The fourth-order valence-electron chi connectivity index (χ4n) is 4.31. The van der Waals surface area contributed by atoms with E-state index in [-0.39, 0.29) is 17.2 Å². The van der Waals surface area contributed by atoms with Crippen molar-refractivity contribution < 1.29 is 4.79 Å². The van der Waals surface area contributed by atoms with Crippen LogP contribution in [-0.4, -0.2) is 38.5 Å². The van der Waals surface area contributed by atoms with Gasteiger partial charge in [0.05, 0.1) is 0 Å².